The molecule has 4 rings (SSSR count). The Morgan fingerprint density at radius 2 is 1.87 bits per heavy atom. The standard InChI is InChI=1S/C23H24N4O2S2/c1-13-4-6-16(7-5-13)22-25-17(12-30-22)10-11-24-19(28)9-8-18-26-21(29)20-14(2)15(3)31-23(20)27-18/h4-7,12H,8-11H2,1-3H3,(H,24,28)(H,26,27,29). The Bertz CT molecular complexity index is 1290. The van der Waals surface area contributed by atoms with Crippen LogP contribution >= 0.6 is 22.7 Å². The molecule has 0 unspecified atom stereocenters. The van der Waals surface area contributed by atoms with Crippen molar-refractivity contribution in [2.45, 2.75) is 40.0 Å². The fourth-order valence-electron chi connectivity index (χ4n) is 3.32. The maximum atomic E-state index is 12.3. The van der Waals surface area contributed by atoms with Gasteiger partial charge < -0.3 is 10.3 Å². The number of aromatic nitrogens is 3. The molecule has 3 aromatic heterocycles. The van der Waals surface area contributed by atoms with Crippen LogP contribution in [0.1, 0.15) is 33.9 Å². The number of nitrogens with one attached hydrogen (secondary N) is 2. The van der Waals surface area contributed by atoms with Crippen LogP contribution < -0.4 is 10.9 Å². The SMILES string of the molecule is Cc1ccc(-c2nc(CCNC(=O)CCc3nc4sc(C)c(C)c4c(=O)[nH]3)cs2)cc1. The molecule has 0 saturated carbocycles. The molecular weight excluding hydrogens is 428 g/mol. The van der Waals surface area contributed by atoms with Gasteiger partial charge in [-0.3, -0.25) is 9.59 Å². The minimum Gasteiger partial charge on any atom is -0.356 e. The van der Waals surface area contributed by atoms with E-state index in [2.05, 4.69) is 51.5 Å². The number of carbonyl (C=O) groups is 1. The number of aryl methyl sites for hydroxylation is 4. The predicted molar refractivity (Wildman–Crippen MR) is 127 cm³/mol. The summed E-state index contributed by atoms with van der Waals surface area (Å²) >= 11 is 3.13. The highest BCUT2D eigenvalue weighted by molar-refractivity contribution is 7.18. The number of hydrogen-bond donors (Lipinski definition) is 2. The van der Waals surface area contributed by atoms with Crippen LogP contribution in [-0.4, -0.2) is 27.4 Å². The van der Waals surface area contributed by atoms with Gasteiger partial charge >= 0.3 is 0 Å². The number of thiophene rings is 1. The van der Waals surface area contributed by atoms with E-state index in [1.807, 2.05) is 19.2 Å². The molecule has 0 aliphatic carbocycles. The zero-order valence-electron chi connectivity index (χ0n) is 17.7. The molecule has 1 amide bonds. The van der Waals surface area contributed by atoms with Gasteiger partial charge in [-0.05, 0) is 26.3 Å². The minimum atomic E-state index is -0.129. The molecule has 0 radical (unpaired) electrons. The quantitative estimate of drug-likeness (QED) is 0.437. The second-order valence-electron chi connectivity index (χ2n) is 7.59. The van der Waals surface area contributed by atoms with Crippen molar-refractivity contribution in [2.75, 3.05) is 6.54 Å². The van der Waals surface area contributed by atoms with Crippen LogP contribution in [0, 0.1) is 20.8 Å². The fraction of sp³-hybridized carbons (Fsp3) is 0.304. The number of benzene rings is 1. The van der Waals surface area contributed by atoms with Gasteiger partial charge in [0, 0.05) is 41.6 Å². The Hall–Kier alpha value is -2.84. The lowest BCUT2D eigenvalue weighted by molar-refractivity contribution is -0.121. The average Bonchev–Trinajstić information content (AvgIpc) is 3.32. The lowest BCUT2D eigenvalue weighted by Gasteiger charge is -2.04. The van der Waals surface area contributed by atoms with Crippen molar-refractivity contribution < 1.29 is 4.79 Å². The van der Waals surface area contributed by atoms with Crippen molar-refractivity contribution in [1.29, 1.82) is 0 Å². The highest BCUT2D eigenvalue weighted by Gasteiger charge is 2.13. The summed E-state index contributed by atoms with van der Waals surface area (Å²) in [7, 11) is 0. The maximum absolute atomic E-state index is 12.3. The Morgan fingerprint density at radius 1 is 1.10 bits per heavy atom. The molecule has 6 nitrogen and oxygen atoms in total. The number of fused-ring (bicyclic) bond motifs is 1. The Balaban J connectivity index is 1.28. The van der Waals surface area contributed by atoms with Crippen LogP contribution in [0.2, 0.25) is 0 Å². The van der Waals surface area contributed by atoms with E-state index < -0.39 is 0 Å². The first-order valence-corrected chi connectivity index (χ1v) is 11.9. The molecular formula is C23H24N4O2S2. The number of amides is 1. The van der Waals surface area contributed by atoms with E-state index in [1.165, 1.54) is 16.9 Å². The van der Waals surface area contributed by atoms with Crippen molar-refractivity contribution >= 4 is 38.8 Å². The largest absolute Gasteiger partial charge is 0.356 e. The molecule has 0 atom stereocenters. The molecule has 0 bridgehead atoms. The molecule has 0 fully saturated rings. The van der Waals surface area contributed by atoms with Crippen LogP contribution in [0.5, 0.6) is 0 Å². The summed E-state index contributed by atoms with van der Waals surface area (Å²) in [6.07, 6.45) is 1.37. The summed E-state index contributed by atoms with van der Waals surface area (Å²) in [4.78, 5) is 38.4. The number of rotatable bonds is 7. The van der Waals surface area contributed by atoms with Gasteiger partial charge in [-0.2, -0.15) is 0 Å². The molecule has 8 heteroatoms. The zero-order valence-corrected chi connectivity index (χ0v) is 19.4. The molecule has 0 saturated heterocycles. The van der Waals surface area contributed by atoms with Crippen LogP contribution in [0.15, 0.2) is 34.4 Å². The Labute approximate surface area is 188 Å². The number of H-pyrrole nitrogens is 1. The molecule has 3 heterocycles. The van der Waals surface area contributed by atoms with Gasteiger partial charge in [0.05, 0.1) is 11.1 Å². The van der Waals surface area contributed by atoms with Gasteiger partial charge in [0.15, 0.2) is 0 Å². The first-order valence-electron chi connectivity index (χ1n) is 10.2. The van der Waals surface area contributed by atoms with E-state index in [1.54, 1.807) is 11.3 Å². The fourth-order valence-corrected chi connectivity index (χ4v) is 5.23. The minimum absolute atomic E-state index is 0.0599. The third-order valence-electron chi connectivity index (χ3n) is 5.23. The lowest BCUT2D eigenvalue weighted by Crippen LogP contribution is -2.26. The smallest absolute Gasteiger partial charge is 0.259 e. The molecule has 0 spiro atoms. The third-order valence-corrected chi connectivity index (χ3v) is 7.27. The maximum Gasteiger partial charge on any atom is 0.259 e. The summed E-state index contributed by atoms with van der Waals surface area (Å²) in [5.74, 6) is 0.492. The highest BCUT2D eigenvalue weighted by Crippen LogP contribution is 2.26. The van der Waals surface area contributed by atoms with Crippen LogP contribution in [0.4, 0.5) is 0 Å². The molecule has 1 aromatic carbocycles. The molecule has 31 heavy (non-hydrogen) atoms. The van der Waals surface area contributed by atoms with Crippen LogP contribution in [0.25, 0.3) is 20.8 Å². The number of aromatic amines is 1. The summed E-state index contributed by atoms with van der Waals surface area (Å²) < 4.78 is 0. The van der Waals surface area contributed by atoms with Crippen molar-refractivity contribution in [2.24, 2.45) is 0 Å². The summed E-state index contributed by atoms with van der Waals surface area (Å²) in [5.41, 5.74) is 4.16. The molecule has 160 valence electrons. The Morgan fingerprint density at radius 3 is 2.65 bits per heavy atom. The third kappa shape index (κ3) is 4.91. The summed E-state index contributed by atoms with van der Waals surface area (Å²) in [6, 6.07) is 8.32. The van der Waals surface area contributed by atoms with Gasteiger partial charge in [0.1, 0.15) is 15.7 Å². The van der Waals surface area contributed by atoms with E-state index in [0.29, 0.717) is 30.6 Å². The normalized spacial score (nSPS) is 11.2. The van der Waals surface area contributed by atoms with Gasteiger partial charge in [-0.15, -0.1) is 22.7 Å². The summed E-state index contributed by atoms with van der Waals surface area (Å²) in [5, 5.41) is 6.62. The number of carbonyl (C=O) groups excluding carboxylic acids is 1. The van der Waals surface area contributed by atoms with E-state index in [-0.39, 0.29) is 17.9 Å². The predicted octanol–water partition coefficient (Wildman–Crippen LogP) is 4.32. The van der Waals surface area contributed by atoms with Crippen molar-refractivity contribution in [1.82, 2.24) is 20.3 Å². The number of hydrogen-bond acceptors (Lipinski definition) is 6. The van der Waals surface area contributed by atoms with Gasteiger partial charge in [-0.25, -0.2) is 9.97 Å². The van der Waals surface area contributed by atoms with Gasteiger partial charge in [0.25, 0.3) is 5.56 Å². The van der Waals surface area contributed by atoms with Crippen molar-refractivity contribution in [3.8, 4) is 10.6 Å². The van der Waals surface area contributed by atoms with E-state index in [0.717, 1.165) is 31.5 Å². The number of thiazole rings is 1. The zero-order chi connectivity index (χ0) is 22.0. The van der Waals surface area contributed by atoms with Crippen LogP contribution in [0.3, 0.4) is 0 Å². The van der Waals surface area contributed by atoms with Gasteiger partial charge in [-0.1, -0.05) is 29.8 Å². The van der Waals surface area contributed by atoms with E-state index in [9.17, 15) is 9.59 Å². The first-order chi connectivity index (χ1) is 14.9. The highest BCUT2D eigenvalue weighted by atomic mass is 32.1. The van der Waals surface area contributed by atoms with Crippen molar-refractivity contribution in [3.05, 3.63) is 67.5 Å². The topological polar surface area (TPSA) is 87.7 Å². The van der Waals surface area contributed by atoms with Gasteiger partial charge in [0.2, 0.25) is 5.91 Å². The average molecular weight is 453 g/mol. The second-order valence-corrected chi connectivity index (χ2v) is 9.65. The number of nitrogens with zero attached hydrogens (tertiary/aromatic N) is 2. The lowest BCUT2D eigenvalue weighted by atomic mass is 10.2. The molecule has 0 aliphatic rings. The van der Waals surface area contributed by atoms with Crippen LogP contribution in [-0.2, 0) is 17.6 Å². The Kier molecular flexibility index (Phi) is 6.29. The molecule has 4 aromatic rings. The summed E-state index contributed by atoms with van der Waals surface area (Å²) in [6.45, 7) is 6.52. The molecule has 2 N–H and O–H groups in total. The molecule has 0 aliphatic heterocycles. The first kappa shape index (κ1) is 21.4. The van der Waals surface area contributed by atoms with E-state index in [4.69, 9.17) is 0 Å². The monoisotopic (exact) mass is 452 g/mol. The van der Waals surface area contributed by atoms with Crippen molar-refractivity contribution in [3.63, 3.8) is 0 Å². The van der Waals surface area contributed by atoms with E-state index >= 15 is 0 Å². The second kappa shape index (κ2) is 9.11.